The highest BCUT2D eigenvalue weighted by atomic mass is 16.5. The van der Waals surface area contributed by atoms with Gasteiger partial charge in [0.15, 0.2) is 11.5 Å². The molecule has 32 heavy (non-hydrogen) atoms. The fraction of sp³-hybridized carbons (Fsp3) is 0.391. The van der Waals surface area contributed by atoms with E-state index in [0.29, 0.717) is 11.9 Å². The lowest BCUT2D eigenvalue weighted by molar-refractivity contribution is 0.0532. The summed E-state index contributed by atoms with van der Waals surface area (Å²) in [5.41, 5.74) is 2.82. The number of anilines is 3. The zero-order valence-corrected chi connectivity index (χ0v) is 18.2. The Labute approximate surface area is 185 Å². The van der Waals surface area contributed by atoms with Gasteiger partial charge in [-0.3, -0.25) is 0 Å². The van der Waals surface area contributed by atoms with E-state index >= 15 is 0 Å². The van der Waals surface area contributed by atoms with Crippen molar-refractivity contribution in [3.05, 3.63) is 36.8 Å². The maximum Gasteiger partial charge on any atom is 0.184 e. The van der Waals surface area contributed by atoms with Crippen molar-refractivity contribution in [1.29, 1.82) is 0 Å². The van der Waals surface area contributed by atoms with Crippen molar-refractivity contribution in [2.24, 2.45) is 0 Å². The maximum atomic E-state index is 5.68. The summed E-state index contributed by atoms with van der Waals surface area (Å²) in [6, 6.07) is 6.74. The molecule has 2 N–H and O–H groups in total. The molecule has 6 rings (SSSR count). The average Bonchev–Trinajstić information content (AvgIpc) is 3.52. The summed E-state index contributed by atoms with van der Waals surface area (Å²) >= 11 is 0. The minimum atomic E-state index is 0.223. The van der Waals surface area contributed by atoms with Crippen molar-refractivity contribution in [3.8, 4) is 11.4 Å². The van der Waals surface area contributed by atoms with E-state index in [0.717, 1.165) is 59.0 Å². The fourth-order valence-corrected chi connectivity index (χ4v) is 4.25. The van der Waals surface area contributed by atoms with E-state index in [-0.39, 0.29) is 6.10 Å². The Kier molecular flexibility index (Phi) is 4.57. The van der Waals surface area contributed by atoms with Crippen molar-refractivity contribution in [1.82, 2.24) is 24.6 Å². The van der Waals surface area contributed by atoms with Gasteiger partial charge >= 0.3 is 0 Å². The molecule has 1 saturated carbocycles. The number of nitrogens with zero attached hydrogens (tertiary/aromatic N) is 6. The fourth-order valence-electron chi connectivity index (χ4n) is 4.25. The predicted octanol–water partition coefficient (Wildman–Crippen LogP) is 3.18. The Morgan fingerprint density at radius 1 is 1.12 bits per heavy atom. The molecule has 2 aliphatic rings. The Morgan fingerprint density at radius 2 is 2.03 bits per heavy atom. The van der Waals surface area contributed by atoms with Gasteiger partial charge in [-0.05, 0) is 38.0 Å². The molecule has 1 saturated heterocycles. The van der Waals surface area contributed by atoms with E-state index in [1.165, 1.54) is 12.8 Å². The molecule has 0 radical (unpaired) electrons. The second-order valence-electron chi connectivity index (χ2n) is 8.56. The molecular weight excluding hydrogens is 404 g/mol. The van der Waals surface area contributed by atoms with Gasteiger partial charge in [0.05, 0.1) is 24.6 Å². The number of nitrogens with one attached hydrogen (secondary N) is 2. The van der Waals surface area contributed by atoms with Gasteiger partial charge in [-0.1, -0.05) is 0 Å². The van der Waals surface area contributed by atoms with Crippen LogP contribution in [0, 0.1) is 0 Å². The zero-order valence-electron chi connectivity index (χ0n) is 18.2. The maximum absolute atomic E-state index is 5.68. The summed E-state index contributed by atoms with van der Waals surface area (Å²) in [6.45, 7) is 4.59. The second-order valence-corrected chi connectivity index (χ2v) is 8.56. The van der Waals surface area contributed by atoms with Crippen LogP contribution in [0.3, 0.4) is 0 Å². The number of rotatable bonds is 5. The van der Waals surface area contributed by atoms with Gasteiger partial charge < -0.3 is 20.3 Å². The zero-order chi connectivity index (χ0) is 21.7. The van der Waals surface area contributed by atoms with Gasteiger partial charge in [0.25, 0.3) is 0 Å². The molecular formula is C23H26N8O. The normalized spacial score (nSPS) is 18.9. The van der Waals surface area contributed by atoms with Crippen LogP contribution in [0.2, 0.25) is 0 Å². The summed E-state index contributed by atoms with van der Waals surface area (Å²) in [6.07, 6.45) is 8.38. The van der Waals surface area contributed by atoms with Crippen molar-refractivity contribution in [2.45, 2.75) is 31.9 Å². The van der Waals surface area contributed by atoms with E-state index < -0.39 is 0 Å². The average molecular weight is 431 g/mol. The van der Waals surface area contributed by atoms with Crippen LogP contribution in [0.25, 0.3) is 27.8 Å². The Hall–Kier alpha value is -3.46. The molecule has 0 amide bonds. The lowest BCUT2D eigenvalue weighted by Gasteiger charge is -2.32. The van der Waals surface area contributed by atoms with Gasteiger partial charge in [-0.2, -0.15) is 0 Å². The molecule has 5 heterocycles. The standard InChI is InChI=1S/C23H26N8O/c1-14-12-30(7-8-32-14)16-5-6-21-28-23(29-31(21)13-16)19-11-26-22(24-2)18-10-25-20(9-17(18)19)27-15-3-4-15/h5-6,9-11,13-15H,3-4,7-8,12H2,1-2H3,(H,24,26)(H,25,27)/t14-/m1/s1. The lowest BCUT2D eigenvalue weighted by Crippen LogP contribution is -2.41. The molecule has 0 spiro atoms. The molecule has 9 nitrogen and oxygen atoms in total. The van der Waals surface area contributed by atoms with E-state index in [1.807, 2.05) is 36.2 Å². The topological polar surface area (TPSA) is 92.5 Å². The molecule has 0 unspecified atom stereocenters. The number of fused-ring (bicyclic) bond motifs is 2. The minimum Gasteiger partial charge on any atom is -0.375 e. The van der Waals surface area contributed by atoms with Crippen LogP contribution in [0.5, 0.6) is 0 Å². The number of ether oxygens (including phenoxy) is 1. The van der Waals surface area contributed by atoms with Crippen molar-refractivity contribution in [3.63, 3.8) is 0 Å². The van der Waals surface area contributed by atoms with Crippen LogP contribution in [-0.2, 0) is 4.74 Å². The van der Waals surface area contributed by atoms with Crippen LogP contribution < -0.4 is 15.5 Å². The van der Waals surface area contributed by atoms with Crippen molar-refractivity contribution in [2.75, 3.05) is 42.3 Å². The van der Waals surface area contributed by atoms with E-state index in [9.17, 15) is 0 Å². The minimum absolute atomic E-state index is 0.223. The van der Waals surface area contributed by atoms with Crippen LogP contribution in [0.1, 0.15) is 19.8 Å². The molecule has 4 aromatic rings. The highest BCUT2D eigenvalue weighted by Crippen LogP contribution is 2.33. The SMILES string of the molecule is CNc1ncc(-c2nc3ccc(N4CCO[C@H](C)C4)cn3n2)c2cc(NC3CC3)ncc12. The van der Waals surface area contributed by atoms with Crippen LogP contribution in [0.15, 0.2) is 36.8 Å². The highest BCUT2D eigenvalue weighted by molar-refractivity contribution is 6.01. The Bertz CT molecular complexity index is 1300. The highest BCUT2D eigenvalue weighted by Gasteiger charge is 2.22. The lowest BCUT2D eigenvalue weighted by atomic mass is 10.1. The summed E-state index contributed by atoms with van der Waals surface area (Å²) in [7, 11) is 1.87. The van der Waals surface area contributed by atoms with E-state index in [1.54, 1.807) is 0 Å². The largest absolute Gasteiger partial charge is 0.375 e. The first-order valence-corrected chi connectivity index (χ1v) is 11.1. The molecule has 2 fully saturated rings. The number of pyridine rings is 3. The Balaban J connectivity index is 1.42. The number of aromatic nitrogens is 5. The van der Waals surface area contributed by atoms with E-state index in [2.05, 4.69) is 44.6 Å². The predicted molar refractivity (Wildman–Crippen MR) is 125 cm³/mol. The summed E-state index contributed by atoms with van der Waals surface area (Å²) in [5.74, 6) is 2.32. The van der Waals surface area contributed by atoms with Crippen LogP contribution in [0.4, 0.5) is 17.3 Å². The summed E-state index contributed by atoms with van der Waals surface area (Å²) < 4.78 is 7.53. The van der Waals surface area contributed by atoms with Crippen LogP contribution >= 0.6 is 0 Å². The molecule has 9 heteroatoms. The third-order valence-electron chi connectivity index (χ3n) is 6.10. The van der Waals surface area contributed by atoms with Crippen LogP contribution in [-0.4, -0.2) is 63.5 Å². The van der Waals surface area contributed by atoms with Crippen molar-refractivity contribution < 1.29 is 4.74 Å². The quantitative estimate of drug-likeness (QED) is 0.499. The van der Waals surface area contributed by atoms with Gasteiger partial charge in [-0.25, -0.2) is 19.5 Å². The van der Waals surface area contributed by atoms with Gasteiger partial charge in [0, 0.05) is 54.9 Å². The smallest absolute Gasteiger partial charge is 0.184 e. The monoisotopic (exact) mass is 430 g/mol. The molecule has 4 aromatic heterocycles. The van der Waals surface area contributed by atoms with E-state index in [4.69, 9.17) is 14.8 Å². The van der Waals surface area contributed by atoms with Gasteiger partial charge in [-0.15, -0.1) is 5.10 Å². The third-order valence-corrected chi connectivity index (χ3v) is 6.10. The molecule has 0 aromatic carbocycles. The molecule has 1 aliphatic heterocycles. The molecule has 1 atom stereocenters. The Morgan fingerprint density at radius 3 is 2.84 bits per heavy atom. The second kappa shape index (κ2) is 7.59. The first kappa shape index (κ1) is 19.2. The number of hydrogen-bond donors (Lipinski definition) is 2. The van der Waals surface area contributed by atoms with Gasteiger partial charge in [0.1, 0.15) is 11.6 Å². The summed E-state index contributed by atoms with van der Waals surface area (Å²) in [4.78, 5) is 16.3. The number of hydrogen-bond acceptors (Lipinski definition) is 8. The first-order chi connectivity index (χ1) is 15.7. The molecule has 0 bridgehead atoms. The van der Waals surface area contributed by atoms with Crippen molar-refractivity contribution >= 4 is 33.7 Å². The van der Waals surface area contributed by atoms with Gasteiger partial charge in [0.2, 0.25) is 0 Å². The number of morpholine rings is 1. The summed E-state index contributed by atoms with van der Waals surface area (Å²) in [5, 5.41) is 13.4. The third kappa shape index (κ3) is 3.48. The first-order valence-electron chi connectivity index (χ1n) is 11.1. The molecule has 164 valence electrons. The molecule has 1 aliphatic carbocycles.